The van der Waals surface area contributed by atoms with Gasteiger partial charge in [-0.25, -0.2) is 4.79 Å². The summed E-state index contributed by atoms with van der Waals surface area (Å²) in [4.78, 5) is 35.0. The molecule has 4 fully saturated rings. The first-order valence-electron chi connectivity index (χ1n) is 13.4. The Kier molecular flexibility index (Phi) is 8.84. The average molecular weight is 563 g/mol. The fourth-order valence-corrected chi connectivity index (χ4v) is 5.50. The van der Waals surface area contributed by atoms with Gasteiger partial charge in [0.2, 0.25) is 5.60 Å². The standard InChI is InChI=1S/C27H32N2O4.C2HF3O2/c30-25(28-17-20-11-12-20)19-29-15-13-21(14-16-29)24(18-29)33-26(31)27(32,22-7-3-1-4-8-22)23-9-5-2-6-10-23;3-2(4,5)1(6)7/h1-10,20-21,24,32H,11-19H2;(H,6,7)/t21?,24-,29?;/m0./s1. The van der Waals surface area contributed by atoms with Crippen molar-refractivity contribution in [1.29, 1.82) is 0 Å². The summed E-state index contributed by atoms with van der Waals surface area (Å²) < 4.78 is 38.3. The Bertz CT molecular complexity index is 1140. The Morgan fingerprint density at radius 1 is 0.925 bits per heavy atom. The summed E-state index contributed by atoms with van der Waals surface area (Å²) in [6, 6.07) is 18.0. The van der Waals surface area contributed by atoms with Crippen molar-refractivity contribution in [3.63, 3.8) is 0 Å². The predicted molar refractivity (Wildman–Crippen MR) is 135 cm³/mol. The van der Waals surface area contributed by atoms with E-state index in [0.29, 0.717) is 34.6 Å². The maximum atomic E-state index is 13.6. The van der Waals surface area contributed by atoms with Gasteiger partial charge in [-0.1, -0.05) is 60.7 Å². The number of aliphatic carboxylic acids is 1. The Labute approximate surface area is 230 Å². The molecule has 6 rings (SSSR count). The van der Waals surface area contributed by atoms with Gasteiger partial charge in [0.15, 0.2) is 12.6 Å². The van der Waals surface area contributed by atoms with E-state index in [1.54, 1.807) is 24.3 Å². The first kappa shape index (κ1) is 29.5. The van der Waals surface area contributed by atoms with Crippen molar-refractivity contribution in [1.82, 2.24) is 5.32 Å². The van der Waals surface area contributed by atoms with Crippen LogP contribution in [0.4, 0.5) is 13.2 Å². The molecular formula is C29H33F3N2O6. The van der Waals surface area contributed by atoms with Crippen molar-refractivity contribution in [2.45, 2.75) is 43.6 Å². The highest BCUT2D eigenvalue weighted by atomic mass is 19.4. The molecule has 8 nitrogen and oxygen atoms in total. The molecule has 1 saturated carbocycles. The number of hydrogen-bond donors (Lipinski definition) is 2. The van der Waals surface area contributed by atoms with E-state index >= 15 is 0 Å². The lowest BCUT2D eigenvalue weighted by atomic mass is 9.82. The van der Waals surface area contributed by atoms with E-state index in [-0.39, 0.29) is 17.9 Å². The van der Waals surface area contributed by atoms with Gasteiger partial charge in [0.25, 0.3) is 5.91 Å². The Hall–Kier alpha value is -3.44. The average Bonchev–Trinajstić information content (AvgIpc) is 3.77. The number of ether oxygens (including phenoxy) is 1. The second kappa shape index (κ2) is 12.0. The molecule has 4 aliphatic rings. The Morgan fingerprint density at radius 3 is 1.88 bits per heavy atom. The van der Waals surface area contributed by atoms with Gasteiger partial charge >= 0.3 is 12.1 Å². The number of piperidine rings is 3. The zero-order chi connectivity index (χ0) is 29.0. The number of aliphatic hydroxyl groups is 1. The predicted octanol–water partition coefficient (Wildman–Crippen LogP) is 1.90. The molecule has 3 aliphatic heterocycles. The van der Waals surface area contributed by atoms with Gasteiger partial charge in [0.1, 0.15) is 12.5 Å². The van der Waals surface area contributed by atoms with Gasteiger partial charge < -0.3 is 29.5 Å². The highest BCUT2D eigenvalue weighted by Gasteiger charge is 2.51. The third-order valence-electron chi connectivity index (χ3n) is 7.97. The molecule has 3 heterocycles. The Balaban J connectivity index is 0.000000470. The monoisotopic (exact) mass is 562 g/mol. The van der Waals surface area contributed by atoms with E-state index in [9.17, 15) is 27.9 Å². The number of amides is 1. The molecule has 2 N–H and O–H groups in total. The van der Waals surface area contributed by atoms with Crippen LogP contribution in [0.1, 0.15) is 36.8 Å². The zero-order valence-corrected chi connectivity index (χ0v) is 21.9. The molecule has 1 aliphatic carbocycles. The normalized spacial score (nSPS) is 23.9. The second-order valence-corrected chi connectivity index (χ2v) is 10.9. The molecule has 1 atom stereocenters. The molecule has 11 heteroatoms. The van der Waals surface area contributed by atoms with Crippen molar-refractivity contribution >= 4 is 17.8 Å². The van der Waals surface area contributed by atoms with Crippen molar-refractivity contribution in [3.05, 3.63) is 71.8 Å². The van der Waals surface area contributed by atoms with Crippen molar-refractivity contribution < 1.29 is 47.0 Å². The number of carboxylic acid groups (broad SMARTS) is 1. The number of quaternary nitrogens is 1. The van der Waals surface area contributed by atoms with Crippen LogP contribution in [0, 0.1) is 11.8 Å². The Morgan fingerprint density at radius 2 is 1.43 bits per heavy atom. The molecule has 0 aromatic heterocycles. The molecule has 3 saturated heterocycles. The lowest BCUT2D eigenvalue weighted by molar-refractivity contribution is -0.939. The van der Waals surface area contributed by atoms with E-state index in [2.05, 4.69) is 5.32 Å². The van der Waals surface area contributed by atoms with Gasteiger partial charge in [0.05, 0.1) is 13.1 Å². The van der Waals surface area contributed by atoms with Gasteiger partial charge in [-0.2, -0.15) is 13.2 Å². The highest BCUT2D eigenvalue weighted by molar-refractivity contribution is 5.85. The molecular weight excluding hydrogens is 529 g/mol. The summed E-state index contributed by atoms with van der Waals surface area (Å²) in [6.07, 6.45) is -1.20. The topological polar surface area (TPSA) is 116 Å². The summed E-state index contributed by atoms with van der Waals surface area (Å²) in [5, 5.41) is 23.6. The third kappa shape index (κ3) is 7.00. The number of esters is 1. The number of halogens is 3. The number of rotatable bonds is 8. The zero-order valence-electron chi connectivity index (χ0n) is 21.9. The van der Waals surface area contributed by atoms with Crippen LogP contribution in [0.2, 0.25) is 0 Å². The van der Waals surface area contributed by atoms with Crippen LogP contribution in [0.5, 0.6) is 0 Å². The van der Waals surface area contributed by atoms with Gasteiger partial charge in [0, 0.05) is 25.3 Å². The van der Waals surface area contributed by atoms with Gasteiger partial charge in [-0.15, -0.1) is 0 Å². The number of hydrogen-bond acceptors (Lipinski definition) is 6. The van der Waals surface area contributed by atoms with Gasteiger partial charge in [-0.3, -0.25) is 4.79 Å². The highest BCUT2D eigenvalue weighted by Crippen LogP contribution is 2.38. The lowest BCUT2D eigenvalue weighted by Crippen LogP contribution is -2.67. The number of carbonyl (C=O) groups excluding carboxylic acids is 3. The lowest BCUT2D eigenvalue weighted by Gasteiger charge is -2.51. The second-order valence-electron chi connectivity index (χ2n) is 10.9. The number of fused-ring (bicyclic) bond motifs is 3. The third-order valence-corrected chi connectivity index (χ3v) is 7.97. The number of carbonyl (C=O) groups is 3. The SMILES string of the molecule is O=C(C[N+]12CCC(CC1)[C@@H](OC(=O)C(O)(c1ccccc1)c1ccccc1)C2)NCC1CC1.O=C([O-])C(F)(F)F. The first-order valence-corrected chi connectivity index (χ1v) is 13.4. The molecule has 0 radical (unpaired) electrons. The summed E-state index contributed by atoms with van der Waals surface area (Å²) >= 11 is 0. The van der Waals surface area contributed by atoms with Crippen molar-refractivity contribution in [3.8, 4) is 0 Å². The number of benzene rings is 2. The van der Waals surface area contributed by atoms with Crippen LogP contribution in [0.25, 0.3) is 0 Å². The van der Waals surface area contributed by atoms with Crippen LogP contribution >= 0.6 is 0 Å². The molecule has 0 spiro atoms. The summed E-state index contributed by atoms with van der Waals surface area (Å²) in [6.45, 7) is 3.73. The summed E-state index contributed by atoms with van der Waals surface area (Å²) in [5.41, 5.74) is -0.891. The van der Waals surface area contributed by atoms with E-state index in [4.69, 9.17) is 14.6 Å². The molecule has 2 bridgehead atoms. The van der Waals surface area contributed by atoms with Crippen molar-refractivity contribution in [2.24, 2.45) is 11.8 Å². The minimum atomic E-state index is -5.19. The quantitative estimate of drug-likeness (QED) is 0.375. The van der Waals surface area contributed by atoms with Crippen LogP contribution < -0.4 is 10.4 Å². The summed E-state index contributed by atoms with van der Waals surface area (Å²) in [7, 11) is 0. The van der Waals surface area contributed by atoms with E-state index in [1.807, 2.05) is 36.4 Å². The number of carboxylic acids is 1. The van der Waals surface area contributed by atoms with Crippen LogP contribution in [-0.2, 0) is 24.7 Å². The molecule has 1 amide bonds. The molecule has 0 unspecified atom stereocenters. The number of alkyl halides is 3. The first-order chi connectivity index (χ1) is 18.9. The van der Waals surface area contributed by atoms with Crippen LogP contribution in [-0.4, -0.2) is 72.4 Å². The molecule has 216 valence electrons. The van der Waals surface area contributed by atoms with Crippen LogP contribution in [0.15, 0.2) is 60.7 Å². The van der Waals surface area contributed by atoms with Crippen LogP contribution in [0.3, 0.4) is 0 Å². The number of nitrogens with zero attached hydrogens (tertiary/aromatic N) is 1. The molecule has 2 aromatic carbocycles. The number of nitrogens with one attached hydrogen (secondary N) is 1. The van der Waals surface area contributed by atoms with Gasteiger partial charge in [-0.05, 0) is 29.9 Å². The minimum Gasteiger partial charge on any atom is -0.542 e. The maximum Gasteiger partial charge on any atom is 0.430 e. The molecule has 2 aromatic rings. The fraction of sp³-hybridized carbons (Fsp3) is 0.483. The van der Waals surface area contributed by atoms with E-state index in [0.717, 1.165) is 32.5 Å². The fourth-order valence-electron chi connectivity index (χ4n) is 5.50. The molecule has 40 heavy (non-hydrogen) atoms. The van der Waals surface area contributed by atoms with E-state index in [1.165, 1.54) is 12.8 Å². The maximum absolute atomic E-state index is 13.6. The summed E-state index contributed by atoms with van der Waals surface area (Å²) in [5.74, 6) is -2.62. The largest absolute Gasteiger partial charge is 0.542 e. The van der Waals surface area contributed by atoms with Crippen molar-refractivity contribution in [2.75, 3.05) is 32.7 Å². The smallest absolute Gasteiger partial charge is 0.430 e. The minimum absolute atomic E-state index is 0.0948. The van der Waals surface area contributed by atoms with E-state index < -0.39 is 23.7 Å².